The third kappa shape index (κ3) is 7.54. The summed E-state index contributed by atoms with van der Waals surface area (Å²) in [5.41, 5.74) is 1.70. The first-order chi connectivity index (χ1) is 13.9. The number of unbranched alkanes of at least 4 members (excludes halogenated alkanes) is 1. The molecule has 154 valence electrons. The van der Waals surface area contributed by atoms with Crippen LogP contribution in [0.4, 0.5) is 5.69 Å². The molecule has 0 spiro atoms. The first kappa shape index (κ1) is 22.4. The molecule has 29 heavy (non-hydrogen) atoms. The van der Waals surface area contributed by atoms with Gasteiger partial charge in [-0.1, -0.05) is 19.4 Å². The number of amides is 2. The summed E-state index contributed by atoms with van der Waals surface area (Å²) in [6.45, 7) is 6.58. The predicted octanol–water partition coefficient (Wildman–Crippen LogP) is 4.13. The Morgan fingerprint density at radius 2 is 1.76 bits per heavy atom. The molecule has 0 heterocycles. The molecular formula is C22H27N3O3S. The normalized spacial score (nSPS) is 10.3. The molecule has 0 aromatic heterocycles. The van der Waals surface area contributed by atoms with Gasteiger partial charge in [0.25, 0.3) is 11.8 Å². The van der Waals surface area contributed by atoms with Crippen LogP contribution in [0, 0.1) is 0 Å². The second kappa shape index (κ2) is 11.2. The van der Waals surface area contributed by atoms with Gasteiger partial charge in [0.15, 0.2) is 5.11 Å². The van der Waals surface area contributed by atoms with Gasteiger partial charge in [-0.05, 0) is 75.0 Å². The molecule has 3 N–H and O–H groups in total. The van der Waals surface area contributed by atoms with Crippen LogP contribution in [0.25, 0.3) is 0 Å². The van der Waals surface area contributed by atoms with Gasteiger partial charge >= 0.3 is 0 Å². The molecule has 7 heteroatoms. The van der Waals surface area contributed by atoms with Gasteiger partial charge in [0, 0.05) is 23.4 Å². The van der Waals surface area contributed by atoms with Crippen LogP contribution in [0.5, 0.6) is 5.75 Å². The predicted molar refractivity (Wildman–Crippen MR) is 120 cm³/mol. The molecular weight excluding hydrogens is 386 g/mol. The lowest BCUT2D eigenvalue weighted by Gasteiger charge is -2.12. The number of carbonyl (C=O) groups excluding carboxylic acids is 2. The van der Waals surface area contributed by atoms with Gasteiger partial charge in [0.2, 0.25) is 0 Å². The van der Waals surface area contributed by atoms with Crippen LogP contribution >= 0.6 is 12.2 Å². The van der Waals surface area contributed by atoms with Crippen LogP contribution < -0.4 is 20.7 Å². The lowest BCUT2D eigenvalue weighted by atomic mass is 10.2. The minimum Gasteiger partial charge on any atom is -0.491 e. The molecule has 2 aromatic rings. The summed E-state index contributed by atoms with van der Waals surface area (Å²) in [5.74, 6) is 0.187. The zero-order chi connectivity index (χ0) is 21.2. The Balaban J connectivity index is 1.90. The van der Waals surface area contributed by atoms with E-state index in [1.807, 2.05) is 13.8 Å². The highest BCUT2D eigenvalue weighted by atomic mass is 32.1. The van der Waals surface area contributed by atoms with Gasteiger partial charge in [-0.25, -0.2) is 0 Å². The molecule has 0 aliphatic rings. The summed E-state index contributed by atoms with van der Waals surface area (Å²) in [5, 5.41) is 8.63. The van der Waals surface area contributed by atoms with E-state index in [2.05, 4.69) is 22.9 Å². The fraction of sp³-hybridized carbons (Fsp3) is 0.318. The number of hydrogen-bond acceptors (Lipinski definition) is 4. The molecule has 0 saturated heterocycles. The summed E-state index contributed by atoms with van der Waals surface area (Å²) in [6, 6.07) is 13.8. The zero-order valence-corrected chi connectivity index (χ0v) is 17.8. The molecule has 0 atom stereocenters. The van der Waals surface area contributed by atoms with Crippen molar-refractivity contribution in [3.05, 3.63) is 59.7 Å². The van der Waals surface area contributed by atoms with E-state index in [1.54, 1.807) is 48.5 Å². The van der Waals surface area contributed by atoms with Crippen LogP contribution in [0.3, 0.4) is 0 Å². The summed E-state index contributed by atoms with van der Waals surface area (Å²) >= 11 is 5.22. The van der Waals surface area contributed by atoms with E-state index in [1.165, 1.54) is 0 Å². The van der Waals surface area contributed by atoms with Crippen LogP contribution in [-0.2, 0) is 0 Å². The molecule has 0 radical (unpaired) electrons. The minimum atomic E-state index is -0.330. The summed E-state index contributed by atoms with van der Waals surface area (Å²) in [6.07, 6.45) is 2.00. The average molecular weight is 414 g/mol. The number of nitrogens with one attached hydrogen (secondary N) is 3. The van der Waals surface area contributed by atoms with E-state index >= 15 is 0 Å². The highest BCUT2D eigenvalue weighted by Crippen LogP contribution is 2.15. The van der Waals surface area contributed by atoms with Crippen molar-refractivity contribution in [1.82, 2.24) is 10.6 Å². The SMILES string of the molecule is CCCCNC(=O)c1ccc(NC(=S)NC(=O)c2cccc(OC(C)C)c2)cc1. The lowest BCUT2D eigenvalue weighted by molar-refractivity contribution is 0.0950. The number of anilines is 1. The molecule has 0 unspecified atom stereocenters. The standard InChI is InChI=1S/C22H27N3O3S/c1-4-5-13-23-20(26)16-9-11-18(12-10-16)24-22(29)25-21(27)17-7-6-8-19(14-17)28-15(2)3/h6-12,14-15H,4-5,13H2,1-3H3,(H,23,26)(H2,24,25,27,29). The Hall–Kier alpha value is -2.93. The molecule has 2 rings (SSSR count). The van der Waals surface area contributed by atoms with Gasteiger partial charge in [-0.3, -0.25) is 14.9 Å². The van der Waals surface area contributed by atoms with E-state index in [-0.39, 0.29) is 23.0 Å². The molecule has 0 aliphatic heterocycles. The average Bonchev–Trinajstić information content (AvgIpc) is 2.68. The fourth-order valence-electron chi connectivity index (χ4n) is 2.51. The third-order valence-electron chi connectivity index (χ3n) is 3.92. The maximum atomic E-state index is 12.4. The maximum Gasteiger partial charge on any atom is 0.257 e. The number of rotatable bonds is 8. The molecule has 2 aromatic carbocycles. The van der Waals surface area contributed by atoms with Crippen molar-refractivity contribution in [3.63, 3.8) is 0 Å². The van der Waals surface area contributed by atoms with Gasteiger partial charge < -0.3 is 15.4 Å². The Labute approximate surface area is 177 Å². The second-order valence-corrected chi connectivity index (χ2v) is 7.20. The minimum absolute atomic E-state index is 0.0211. The zero-order valence-electron chi connectivity index (χ0n) is 17.0. The molecule has 0 saturated carbocycles. The largest absolute Gasteiger partial charge is 0.491 e. The van der Waals surface area contributed by atoms with E-state index in [9.17, 15) is 9.59 Å². The van der Waals surface area contributed by atoms with Crippen molar-refractivity contribution in [2.75, 3.05) is 11.9 Å². The van der Waals surface area contributed by atoms with Crippen molar-refractivity contribution in [1.29, 1.82) is 0 Å². The Kier molecular flexibility index (Phi) is 8.61. The van der Waals surface area contributed by atoms with Crippen LogP contribution in [0.1, 0.15) is 54.3 Å². The number of thiocarbonyl (C=S) groups is 1. The summed E-state index contributed by atoms with van der Waals surface area (Å²) in [4.78, 5) is 24.4. The van der Waals surface area contributed by atoms with E-state index < -0.39 is 0 Å². The van der Waals surface area contributed by atoms with Crippen molar-refractivity contribution in [3.8, 4) is 5.75 Å². The van der Waals surface area contributed by atoms with Crippen LogP contribution in [-0.4, -0.2) is 29.6 Å². The molecule has 0 bridgehead atoms. The van der Waals surface area contributed by atoms with E-state index in [0.29, 0.717) is 29.1 Å². The first-order valence-corrected chi connectivity index (χ1v) is 10.1. The number of hydrogen-bond donors (Lipinski definition) is 3. The quantitative estimate of drug-likeness (QED) is 0.448. The highest BCUT2D eigenvalue weighted by Gasteiger charge is 2.10. The van der Waals surface area contributed by atoms with Crippen molar-refractivity contribution < 1.29 is 14.3 Å². The first-order valence-electron chi connectivity index (χ1n) is 9.66. The van der Waals surface area contributed by atoms with Crippen LogP contribution in [0.2, 0.25) is 0 Å². The lowest BCUT2D eigenvalue weighted by Crippen LogP contribution is -2.34. The summed E-state index contributed by atoms with van der Waals surface area (Å²) in [7, 11) is 0. The van der Waals surface area contributed by atoms with E-state index in [0.717, 1.165) is 12.8 Å². The number of ether oxygens (including phenoxy) is 1. The van der Waals surface area contributed by atoms with Crippen LogP contribution in [0.15, 0.2) is 48.5 Å². The van der Waals surface area contributed by atoms with Crippen molar-refractivity contribution in [2.45, 2.75) is 39.7 Å². The van der Waals surface area contributed by atoms with Gasteiger partial charge in [-0.15, -0.1) is 0 Å². The maximum absolute atomic E-state index is 12.4. The molecule has 0 fully saturated rings. The van der Waals surface area contributed by atoms with Gasteiger partial charge in [0.1, 0.15) is 5.75 Å². The van der Waals surface area contributed by atoms with E-state index in [4.69, 9.17) is 17.0 Å². The Morgan fingerprint density at radius 1 is 1.03 bits per heavy atom. The number of benzene rings is 2. The smallest absolute Gasteiger partial charge is 0.257 e. The molecule has 6 nitrogen and oxygen atoms in total. The molecule has 0 aliphatic carbocycles. The highest BCUT2D eigenvalue weighted by molar-refractivity contribution is 7.80. The topological polar surface area (TPSA) is 79.5 Å². The monoisotopic (exact) mass is 413 g/mol. The van der Waals surface area contributed by atoms with Crippen molar-refractivity contribution in [2.24, 2.45) is 0 Å². The van der Waals surface area contributed by atoms with Crippen molar-refractivity contribution >= 4 is 34.8 Å². The van der Waals surface area contributed by atoms with Gasteiger partial charge in [0.05, 0.1) is 6.10 Å². The third-order valence-corrected chi connectivity index (χ3v) is 4.12. The molecule has 2 amide bonds. The van der Waals surface area contributed by atoms with Gasteiger partial charge in [-0.2, -0.15) is 0 Å². The Morgan fingerprint density at radius 3 is 2.41 bits per heavy atom. The fourth-order valence-corrected chi connectivity index (χ4v) is 2.72. The Bertz CT molecular complexity index is 851. The summed E-state index contributed by atoms with van der Waals surface area (Å²) < 4.78 is 5.61. The number of carbonyl (C=O) groups is 2. The second-order valence-electron chi connectivity index (χ2n) is 6.79.